The second-order valence-corrected chi connectivity index (χ2v) is 6.44. The third kappa shape index (κ3) is 4.47. The van der Waals surface area contributed by atoms with Gasteiger partial charge in [0.1, 0.15) is 23.8 Å². The minimum absolute atomic E-state index is 0.355. The Kier molecular flexibility index (Phi) is 5.43. The van der Waals surface area contributed by atoms with Crippen LogP contribution in [0.15, 0.2) is 85.2 Å². The van der Waals surface area contributed by atoms with Crippen LogP contribution in [0.3, 0.4) is 0 Å². The lowest BCUT2D eigenvalue weighted by atomic mass is 10.1. The smallest absolute Gasteiger partial charge is 0.258 e. The maximum Gasteiger partial charge on any atom is 0.258 e. The topological polar surface area (TPSA) is 66.9 Å². The molecule has 0 aliphatic rings. The molecule has 0 saturated heterocycles. The Morgan fingerprint density at radius 2 is 1.53 bits per heavy atom. The third-order valence-corrected chi connectivity index (χ3v) is 4.32. The predicted molar refractivity (Wildman–Crippen MR) is 112 cm³/mol. The van der Waals surface area contributed by atoms with E-state index in [0.717, 1.165) is 35.1 Å². The number of rotatable bonds is 5. The molecule has 1 aromatic heterocycles. The molecule has 0 aliphatic heterocycles. The lowest BCUT2D eigenvalue weighted by Crippen LogP contribution is -2.14. The van der Waals surface area contributed by atoms with Gasteiger partial charge >= 0.3 is 0 Å². The zero-order valence-electron chi connectivity index (χ0n) is 15.6. The van der Waals surface area contributed by atoms with Gasteiger partial charge in [0.05, 0.1) is 11.3 Å². The molecule has 3 aromatic carbocycles. The molecule has 7 heteroatoms. The van der Waals surface area contributed by atoms with E-state index < -0.39 is 17.5 Å². The summed E-state index contributed by atoms with van der Waals surface area (Å²) >= 11 is 0. The number of halogens is 2. The number of anilines is 3. The lowest BCUT2D eigenvalue weighted by Gasteiger charge is -2.09. The maximum atomic E-state index is 13.7. The van der Waals surface area contributed by atoms with Crippen molar-refractivity contribution in [3.63, 3.8) is 0 Å². The number of carbonyl (C=O) groups is 1. The normalized spacial score (nSPS) is 10.5. The van der Waals surface area contributed by atoms with Crippen molar-refractivity contribution in [2.24, 2.45) is 0 Å². The van der Waals surface area contributed by atoms with Crippen LogP contribution in [0, 0.1) is 11.6 Å². The summed E-state index contributed by atoms with van der Waals surface area (Å²) in [6.45, 7) is 0. The van der Waals surface area contributed by atoms with Crippen LogP contribution in [0.5, 0.6) is 0 Å². The monoisotopic (exact) mass is 402 g/mol. The molecule has 0 saturated carbocycles. The fraction of sp³-hybridized carbons (Fsp3) is 0. The highest BCUT2D eigenvalue weighted by Crippen LogP contribution is 2.22. The molecule has 1 heterocycles. The van der Waals surface area contributed by atoms with E-state index in [1.165, 1.54) is 6.33 Å². The van der Waals surface area contributed by atoms with Crippen LogP contribution in [-0.2, 0) is 0 Å². The first-order valence-electron chi connectivity index (χ1n) is 9.09. The van der Waals surface area contributed by atoms with E-state index in [4.69, 9.17) is 0 Å². The van der Waals surface area contributed by atoms with E-state index in [1.54, 1.807) is 24.3 Å². The molecule has 2 N–H and O–H groups in total. The number of hydrogen-bond donors (Lipinski definition) is 2. The van der Waals surface area contributed by atoms with Crippen molar-refractivity contribution in [3.8, 4) is 11.3 Å². The largest absolute Gasteiger partial charge is 0.340 e. The molecule has 5 nitrogen and oxygen atoms in total. The van der Waals surface area contributed by atoms with Crippen LogP contribution in [0.1, 0.15) is 10.4 Å². The van der Waals surface area contributed by atoms with Crippen LogP contribution >= 0.6 is 0 Å². The quantitative estimate of drug-likeness (QED) is 0.468. The molecule has 0 spiro atoms. The standard InChI is InChI=1S/C23H16F2N4O/c24-16-6-11-20(25)19(12-16)23(30)29-18-9-7-17(8-10-18)28-22-13-21(26-14-27-22)15-4-2-1-3-5-15/h1-14H,(H,29,30)(H,26,27,28). The van der Waals surface area contributed by atoms with Gasteiger partial charge in [-0.1, -0.05) is 30.3 Å². The number of carbonyl (C=O) groups excluding carboxylic acids is 1. The van der Waals surface area contributed by atoms with Gasteiger partial charge in [-0.25, -0.2) is 18.7 Å². The van der Waals surface area contributed by atoms with Gasteiger partial charge in [0, 0.05) is 23.0 Å². The van der Waals surface area contributed by atoms with Crippen molar-refractivity contribution in [1.82, 2.24) is 9.97 Å². The Morgan fingerprint density at radius 3 is 2.30 bits per heavy atom. The van der Waals surface area contributed by atoms with E-state index in [9.17, 15) is 13.6 Å². The summed E-state index contributed by atoms with van der Waals surface area (Å²) in [5.74, 6) is -1.58. The van der Waals surface area contributed by atoms with Crippen LogP contribution in [0.4, 0.5) is 26.0 Å². The first kappa shape index (κ1) is 19.2. The Balaban J connectivity index is 1.45. The number of nitrogens with one attached hydrogen (secondary N) is 2. The highest BCUT2D eigenvalue weighted by atomic mass is 19.1. The molecule has 0 radical (unpaired) electrons. The molecule has 0 fully saturated rings. The van der Waals surface area contributed by atoms with Crippen LogP contribution in [0.2, 0.25) is 0 Å². The molecule has 0 aliphatic carbocycles. The Labute approximate surface area is 171 Å². The van der Waals surface area contributed by atoms with Gasteiger partial charge in [-0.2, -0.15) is 0 Å². The van der Waals surface area contributed by atoms with E-state index in [2.05, 4.69) is 20.6 Å². The van der Waals surface area contributed by atoms with E-state index in [1.807, 2.05) is 36.4 Å². The summed E-state index contributed by atoms with van der Waals surface area (Å²) in [5, 5.41) is 5.72. The number of aromatic nitrogens is 2. The summed E-state index contributed by atoms with van der Waals surface area (Å²) in [5.41, 5.74) is 2.59. The molecule has 1 amide bonds. The fourth-order valence-electron chi connectivity index (χ4n) is 2.85. The summed E-state index contributed by atoms with van der Waals surface area (Å²) in [6.07, 6.45) is 1.48. The summed E-state index contributed by atoms with van der Waals surface area (Å²) in [4.78, 5) is 20.7. The minimum Gasteiger partial charge on any atom is -0.340 e. The molecular formula is C23H16F2N4O. The van der Waals surface area contributed by atoms with Gasteiger partial charge in [-0.3, -0.25) is 4.79 Å². The van der Waals surface area contributed by atoms with Gasteiger partial charge < -0.3 is 10.6 Å². The SMILES string of the molecule is O=C(Nc1ccc(Nc2cc(-c3ccccc3)ncn2)cc1)c1cc(F)ccc1F. The van der Waals surface area contributed by atoms with Gasteiger partial charge in [0.15, 0.2) is 0 Å². The number of hydrogen-bond acceptors (Lipinski definition) is 4. The summed E-state index contributed by atoms with van der Waals surface area (Å²) in [6, 6.07) is 21.1. The average molecular weight is 402 g/mol. The number of nitrogens with zero attached hydrogens (tertiary/aromatic N) is 2. The van der Waals surface area contributed by atoms with E-state index in [0.29, 0.717) is 11.5 Å². The molecule has 0 unspecified atom stereocenters. The molecule has 4 rings (SSSR count). The average Bonchev–Trinajstić information content (AvgIpc) is 2.77. The molecule has 0 atom stereocenters. The maximum absolute atomic E-state index is 13.7. The van der Waals surface area contributed by atoms with Crippen molar-refractivity contribution in [1.29, 1.82) is 0 Å². The van der Waals surface area contributed by atoms with Crippen LogP contribution < -0.4 is 10.6 Å². The first-order chi connectivity index (χ1) is 14.6. The number of amides is 1. The predicted octanol–water partition coefficient (Wildman–Crippen LogP) is 5.42. The van der Waals surface area contributed by atoms with Gasteiger partial charge in [-0.15, -0.1) is 0 Å². The Morgan fingerprint density at radius 1 is 0.800 bits per heavy atom. The van der Waals surface area contributed by atoms with Crippen molar-refractivity contribution >= 4 is 23.1 Å². The summed E-state index contributed by atoms with van der Waals surface area (Å²) in [7, 11) is 0. The molecule has 30 heavy (non-hydrogen) atoms. The molecular weight excluding hydrogens is 386 g/mol. The van der Waals surface area contributed by atoms with Crippen molar-refractivity contribution in [3.05, 3.63) is 102 Å². The molecule has 148 valence electrons. The number of benzene rings is 3. The Bertz CT molecular complexity index is 1180. The van der Waals surface area contributed by atoms with E-state index in [-0.39, 0.29) is 5.56 Å². The molecule has 4 aromatic rings. The first-order valence-corrected chi connectivity index (χ1v) is 9.09. The van der Waals surface area contributed by atoms with Crippen LogP contribution in [-0.4, -0.2) is 15.9 Å². The minimum atomic E-state index is -0.787. The van der Waals surface area contributed by atoms with E-state index >= 15 is 0 Å². The highest BCUT2D eigenvalue weighted by Gasteiger charge is 2.13. The second kappa shape index (κ2) is 8.48. The highest BCUT2D eigenvalue weighted by molar-refractivity contribution is 6.04. The fourth-order valence-corrected chi connectivity index (χ4v) is 2.85. The van der Waals surface area contributed by atoms with Crippen LogP contribution in [0.25, 0.3) is 11.3 Å². The summed E-state index contributed by atoms with van der Waals surface area (Å²) < 4.78 is 27.0. The molecule has 0 bridgehead atoms. The van der Waals surface area contributed by atoms with Crippen molar-refractivity contribution < 1.29 is 13.6 Å². The van der Waals surface area contributed by atoms with Gasteiger partial charge in [-0.05, 0) is 42.5 Å². The lowest BCUT2D eigenvalue weighted by molar-refractivity contribution is 0.102. The van der Waals surface area contributed by atoms with Gasteiger partial charge in [0.2, 0.25) is 0 Å². The van der Waals surface area contributed by atoms with Crippen molar-refractivity contribution in [2.75, 3.05) is 10.6 Å². The Hall–Kier alpha value is -4.13. The third-order valence-electron chi connectivity index (χ3n) is 4.32. The van der Waals surface area contributed by atoms with Gasteiger partial charge in [0.25, 0.3) is 5.91 Å². The second-order valence-electron chi connectivity index (χ2n) is 6.44. The van der Waals surface area contributed by atoms with Crippen molar-refractivity contribution in [2.45, 2.75) is 0 Å². The zero-order valence-corrected chi connectivity index (χ0v) is 15.6. The zero-order chi connectivity index (χ0) is 20.9.